The summed E-state index contributed by atoms with van der Waals surface area (Å²) in [5.41, 5.74) is 2.83. The number of amides is 1. The fourth-order valence-corrected chi connectivity index (χ4v) is 4.22. The number of carbonyl (C=O) groups is 2. The summed E-state index contributed by atoms with van der Waals surface area (Å²) in [6.45, 7) is 0.868. The lowest BCUT2D eigenvalue weighted by Crippen LogP contribution is -2.36. The van der Waals surface area contributed by atoms with Crippen LogP contribution in [0.25, 0.3) is 0 Å². The first-order valence-corrected chi connectivity index (χ1v) is 8.53. The third kappa shape index (κ3) is 2.15. The average Bonchev–Trinajstić information content (AvgIpc) is 3.24. The molecule has 3 aliphatic heterocycles. The second-order valence-electron chi connectivity index (χ2n) is 6.73. The number of benzene rings is 2. The molecule has 5 heteroatoms. The topological polar surface area (TPSA) is 55.8 Å². The van der Waals surface area contributed by atoms with Crippen molar-refractivity contribution in [2.24, 2.45) is 5.92 Å². The van der Waals surface area contributed by atoms with Crippen molar-refractivity contribution in [3.05, 3.63) is 59.2 Å². The number of rotatable bonds is 2. The lowest BCUT2D eigenvalue weighted by molar-refractivity contribution is -0.129. The van der Waals surface area contributed by atoms with E-state index in [0.29, 0.717) is 17.9 Å². The van der Waals surface area contributed by atoms with Crippen LogP contribution in [0.15, 0.2) is 42.5 Å². The van der Waals surface area contributed by atoms with E-state index < -0.39 is 0 Å². The quantitative estimate of drug-likeness (QED) is 0.792. The summed E-state index contributed by atoms with van der Waals surface area (Å²) in [5.74, 6) is 1.19. The Kier molecular flexibility index (Phi) is 3.10. The van der Waals surface area contributed by atoms with Crippen LogP contribution < -0.4 is 9.47 Å². The first kappa shape index (κ1) is 14.5. The Hall–Kier alpha value is -2.82. The van der Waals surface area contributed by atoms with Crippen LogP contribution in [0.5, 0.6) is 11.5 Å². The number of carbonyl (C=O) groups excluding carboxylic acids is 2. The summed E-state index contributed by atoms with van der Waals surface area (Å²) in [6.07, 6.45) is 1.05. The first-order valence-electron chi connectivity index (χ1n) is 8.53. The molecule has 1 fully saturated rings. The van der Waals surface area contributed by atoms with Gasteiger partial charge in [0.2, 0.25) is 12.7 Å². The Morgan fingerprint density at radius 2 is 1.84 bits per heavy atom. The molecular weight excluding hydrogens is 318 g/mol. The van der Waals surface area contributed by atoms with Gasteiger partial charge in [-0.2, -0.15) is 0 Å². The van der Waals surface area contributed by atoms with Crippen LogP contribution in [-0.2, 0) is 11.2 Å². The molecule has 0 saturated carbocycles. The molecule has 0 bridgehead atoms. The standard InChI is InChI=1S/C20H17NO4/c22-18-10-15(20(23)12-4-2-1-3-5-12)19-14-9-17-16(24-11-25-17)8-13(14)6-7-21(18)19/h1-5,8-9,15,19H,6-7,10-11H2/t15-,19+/m0/s1. The molecule has 0 N–H and O–H groups in total. The number of Topliss-reactive ketones (excluding diaryl/α,β-unsaturated/α-hetero) is 1. The maximum Gasteiger partial charge on any atom is 0.231 e. The van der Waals surface area contributed by atoms with Crippen molar-refractivity contribution in [1.29, 1.82) is 0 Å². The zero-order valence-corrected chi connectivity index (χ0v) is 13.6. The zero-order valence-electron chi connectivity index (χ0n) is 13.6. The zero-order chi connectivity index (χ0) is 17.0. The number of ether oxygens (including phenoxy) is 2. The molecule has 0 spiro atoms. The van der Waals surface area contributed by atoms with E-state index >= 15 is 0 Å². The molecule has 1 amide bonds. The molecule has 2 atom stereocenters. The first-order chi connectivity index (χ1) is 12.2. The SMILES string of the molecule is O=C(c1ccccc1)[C@H]1CC(=O)N2CCc3cc4c(cc3[C@H]12)OCO4. The monoisotopic (exact) mass is 335 g/mol. The Bertz CT molecular complexity index is 877. The Labute approximate surface area is 145 Å². The van der Waals surface area contributed by atoms with Crippen molar-refractivity contribution in [1.82, 2.24) is 4.90 Å². The van der Waals surface area contributed by atoms with E-state index in [-0.39, 0.29) is 36.9 Å². The molecule has 3 heterocycles. The summed E-state index contributed by atoms with van der Waals surface area (Å²) in [6, 6.07) is 13.0. The molecule has 5 rings (SSSR count). The molecular formula is C20H17NO4. The third-order valence-corrected chi connectivity index (χ3v) is 5.40. The van der Waals surface area contributed by atoms with Gasteiger partial charge in [-0.3, -0.25) is 9.59 Å². The van der Waals surface area contributed by atoms with Gasteiger partial charge in [-0.1, -0.05) is 30.3 Å². The Balaban J connectivity index is 1.59. The van der Waals surface area contributed by atoms with Crippen LogP contribution in [-0.4, -0.2) is 29.9 Å². The fourth-order valence-electron chi connectivity index (χ4n) is 4.22. The minimum atomic E-state index is -0.352. The van der Waals surface area contributed by atoms with Crippen molar-refractivity contribution in [3.63, 3.8) is 0 Å². The van der Waals surface area contributed by atoms with Crippen LogP contribution >= 0.6 is 0 Å². The highest BCUT2D eigenvalue weighted by Crippen LogP contribution is 2.47. The Morgan fingerprint density at radius 3 is 2.64 bits per heavy atom. The number of nitrogens with zero attached hydrogens (tertiary/aromatic N) is 1. The predicted octanol–water partition coefficient (Wildman–Crippen LogP) is 2.74. The van der Waals surface area contributed by atoms with Crippen LogP contribution in [0.1, 0.15) is 33.9 Å². The van der Waals surface area contributed by atoms with Gasteiger partial charge in [0.15, 0.2) is 17.3 Å². The van der Waals surface area contributed by atoms with Gasteiger partial charge in [-0.25, -0.2) is 0 Å². The highest BCUT2D eigenvalue weighted by molar-refractivity contribution is 6.02. The van der Waals surface area contributed by atoms with Gasteiger partial charge < -0.3 is 14.4 Å². The van der Waals surface area contributed by atoms with Crippen molar-refractivity contribution < 1.29 is 19.1 Å². The van der Waals surface area contributed by atoms with Gasteiger partial charge >= 0.3 is 0 Å². The highest BCUT2D eigenvalue weighted by atomic mass is 16.7. The predicted molar refractivity (Wildman–Crippen MR) is 89.6 cm³/mol. The van der Waals surface area contributed by atoms with E-state index in [4.69, 9.17) is 9.47 Å². The lowest BCUT2D eigenvalue weighted by atomic mass is 9.83. The molecule has 2 aromatic carbocycles. The maximum atomic E-state index is 13.1. The highest BCUT2D eigenvalue weighted by Gasteiger charge is 2.47. The van der Waals surface area contributed by atoms with E-state index in [9.17, 15) is 9.59 Å². The van der Waals surface area contributed by atoms with Gasteiger partial charge in [-0.15, -0.1) is 0 Å². The minimum absolute atomic E-state index is 0.0342. The van der Waals surface area contributed by atoms with Crippen molar-refractivity contribution in [3.8, 4) is 11.5 Å². The molecule has 25 heavy (non-hydrogen) atoms. The van der Waals surface area contributed by atoms with E-state index in [1.165, 1.54) is 0 Å². The van der Waals surface area contributed by atoms with E-state index in [1.54, 1.807) is 0 Å². The summed E-state index contributed by atoms with van der Waals surface area (Å²) >= 11 is 0. The molecule has 0 unspecified atom stereocenters. The molecule has 0 aliphatic carbocycles. The van der Waals surface area contributed by atoms with Gasteiger partial charge in [0.1, 0.15) is 0 Å². The van der Waals surface area contributed by atoms with Gasteiger partial charge in [0, 0.05) is 18.5 Å². The second-order valence-corrected chi connectivity index (χ2v) is 6.73. The minimum Gasteiger partial charge on any atom is -0.454 e. The number of ketones is 1. The van der Waals surface area contributed by atoms with Gasteiger partial charge in [-0.05, 0) is 29.7 Å². The smallest absolute Gasteiger partial charge is 0.231 e. The van der Waals surface area contributed by atoms with E-state index in [1.807, 2.05) is 47.4 Å². The van der Waals surface area contributed by atoms with Crippen LogP contribution in [0.2, 0.25) is 0 Å². The number of hydrogen-bond donors (Lipinski definition) is 0. The fraction of sp³-hybridized carbons (Fsp3) is 0.300. The summed E-state index contributed by atoms with van der Waals surface area (Å²) in [5, 5.41) is 0. The number of hydrogen-bond acceptors (Lipinski definition) is 4. The van der Waals surface area contributed by atoms with Crippen LogP contribution in [0, 0.1) is 5.92 Å². The van der Waals surface area contributed by atoms with Crippen molar-refractivity contribution in [2.45, 2.75) is 18.9 Å². The van der Waals surface area contributed by atoms with Gasteiger partial charge in [0.05, 0.1) is 12.0 Å². The average molecular weight is 335 g/mol. The summed E-state index contributed by atoms with van der Waals surface area (Å²) in [7, 11) is 0. The molecule has 5 nitrogen and oxygen atoms in total. The largest absolute Gasteiger partial charge is 0.454 e. The molecule has 3 aliphatic rings. The molecule has 2 aromatic rings. The Morgan fingerprint density at radius 1 is 1.08 bits per heavy atom. The normalized spacial score (nSPS) is 23.4. The van der Waals surface area contributed by atoms with Crippen molar-refractivity contribution in [2.75, 3.05) is 13.3 Å². The lowest BCUT2D eigenvalue weighted by Gasteiger charge is -2.34. The molecule has 1 saturated heterocycles. The van der Waals surface area contributed by atoms with E-state index in [0.717, 1.165) is 23.3 Å². The second kappa shape index (κ2) is 5.34. The summed E-state index contributed by atoms with van der Waals surface area (Å²) < 4.78 is 11.0. The molecule has 0 aromatic heterocycles. The van der Waals surface area contributed by atoms with Crippen molar-refractivity contribution >= 4 is 11.7 Å². The maximum absolute atomic E-state index is 13.1. The van der Waals surface area contributed by atoms with Crippen LogP contribution in [0.3, 0.4) is 0 Å². The van der Waals surface area contributed by atoms with Gasteiger partial charge in [0.25, 0.3) is 0 Å². The third-order valence-electron chi connectivity index (χ3n) is 5.40. The van der Waals surface area contributed by atoms with E-state index in [2.05, 4.69) is 0 Å². The number of fused-ring (bicyclic) bond motifs is 4. The molecule has 126 valence electrons. The summed E-state index contributed by atoms with van der Waals surface area (Å²) in [4.78, 5) is 27.4. The molecule has 0 radical (unpaired) electrons. The van der Waals surface area contributed by atoms with Crippen LogP contribution in [0.4, 0.5) is 0 Å².